The Balaban J connectivity index is 1.25. The third-order valence-corrected chi connectivity index (χ3v) is 7.98. The maximum absolute atomic E-state index is 14.8. The average molecular weight is 599 g/mol. The Hall–Kier alpha value is -4.54. The van der Waals surface area contributed by atoms with Gasteiger partial charge in [-0.05, 0) is 62.1 Å². The largest absolute Gasteiger partial charge is 0.386 e. The van der Waals surface area contributed by atoms with Gasteiger partial charge in [0.25, 0.3) is 0 Å². The van der Waals surface area contributed by atoms with Crippen molar-refractivity contribution in [2.75, 3.05) is 5.32 Å². The first-order chi connectivity index (χ1) is 20.9. The van der Waals surface area contributed by atoms with Crippen molar-refractivity contribution in [3.05, 3.63) is 112 Å². The molecule has 4 aromatic rings. The van der Waals surface area contributed by atoms with Crippen LogP contribution in [0.2, 0.25) is 5.02 Å². The lowest BCUT2D eigenvalue weighted by Gasteiger charge is -2.26. The molecule has 6 rings (SSSR count). The van der Waals surface area contributed by atoms with E-state index in [0.717, 1.165) is 36.9 Å². The highest BCUT2D eigenvalue weighted by atomic mass is 35.5. The van der Waals surface area contributed by atoms with Gasteiger partial charge in [-0.3, -0.25) is 4.99 Å². The molecule has 1 aliphatic carbocycles. The minimum Gasteiger partial charge on any atom is -0.386 e. The average Bonchev–Trinajstić information content (AvgIpc) is 3.15. The van der Waals surface area contributed by atoms with Gasteiger partial charge in [-0.2, -0.15) is 5.11 Å². The second kappa shape index (κ2) is 12.4. The molecule has 3 aromatic carbocycles. The fraction of sp³-hybridized carbons (Fsp3) is 0.219. The maximum Gasteiger partial charge on any atom is 0.227 e. The van der Waals surface area contributed by atoms with Gasteiger partial charge < -0.3 is 16.4 Å². The summed E-state index contributed by atoms with van der Waals surface area (Å²) in [4.78, 5) is 13.8. The number of benzene rings is 3. The molecule has 8 nitrogen and oxygen atoms in total. The summed E-state index contributed by atoms with van der Waals surface area (Å²) in [5.74, 6) is -1.08. The normalized spacial score (nSPS) is 18.1. The van der Waals surface area contributed by atoms with Gasteiger partial charge in [0.15, 0.2) is 0 Å². The van der Waals surface area contributed by atoms with Crippen LogP contribution in [0.1, 0.15) is 47.9 Å². The molecule has 11 heteroatoms. The van der Waals surface area contributed by atoms with Crippen molar-refractivity contribution in [3.8, 4) is 11.3 Å². The van der Waals surface area contributed by atoms with Crippen LogP contribution in [0.3, 0.4) is 0 Å². The van der Waals surface area contributed by atoms with Gasteiger partial charge in [0.05, 0.1) is 23.5 Å². The molecule has 0 saturated heterocycles. The van der Waals surface area contributed by atoms with E-state index in [1.165, 1.54) is 18.2 Å². The van der Waals surface area contributed by atoms with Gasteiger partial charge >= 0.3 is 0 Å². The van der Waals surface area contributed by atoms with E-state index in [1.807, 2.05) is 24.3 Å². The molecule has 1 saturated carbocycles. The van der Waals surface area contributed by atoms with Crippen LogP contribution in [0.4, 0.5) is 20.4 Å². The zero-order chi connectivity index (χ0) is 29.9. The van der Waals surface area contributed by atoms with Crippen LogP contribution >= 0.6 is 11.6 Å². The Morgan fingerprint density at radius 2 is 1.74 bits per heavy atom. The second-order valence-electron chi connectivity index (χ2n) is 10.6. The first-order valence-electron chi connectivity index (χ1n) is 14.0. The molecule has 0 bridgehead atoms. The molecule has 1 fully saturated rings. The molecule has 218 valence electrons. The highest BCUT2D eigenvalue weighted by Crippen LogP contribution is 2.35. The first kappa shape index (κ1) is 28.6. The molecule has 0 amide bonds. The van der Waals surface area contributed by atoms with Crippen LogP contribution in [0, 0.1) is 17.2 Å². The first-order valence-corrected chi connectivity index (χ1v) is 14.4. The van der Waals surface area contributed by atoms with Crippen molar-refractivity contribution in [1.29, 1.82) is 5.53 Å². The quantitative estimate of drug-likeness (QED) is 0.165. The van der Waals surface area contributed by atoms with Crippen LogP contribution in [0.15, 0.2) is 83.2 Å². The number of nitrogens with two attached hydrogens (primary N) is 1. The van der Waals surface area contributed by atoms with E-state index in [9.17, 15) is 8.78 Å². The molecular weight excluding hydrogens is 570 g/mol. The van der Waals surface area contributed by atoms with Crippen LogP contribution in [0.25, 0.3) is 17.0 Å². The Morgan fingerprint density at radius 1 is 1.00 bits per heavy atom. The van der Waals surface area contributed by atoms with E-state index in [-0.39, 0.29) is 23.9 Å². The summed E-state index contributed by atoms with van der Waals surface area (Å²) in [5, 5.41) is 10.7. The standard InChI is InChI=1S/C32H29ClF2N8/c33-20-6-13-24-25(14-20)31(29-26(34)2-1-3-27(29)35)39-15-19-16-40-32(42-30(19)24)41-23-9-4-18(5-10-23)28(43-37)17-38-22-11-7-21(36)8-12-22/h1-6,9-10,13-14,16-17,21-22,37-38H,7-8,11-12,15,36H2,(H,40,41,42)/b28-17-,43-37?/t21-,22+. The van der Waals surface area contributed by atoms with E-state index in [0.29, 0.717) is 45.1 Å². The highest BCUT2D eigenvalue weighted by molar-refractivity contribution is 6.31. The fourth-order valence-electron chi connectivity index (χ4n) is 5.44. The molecular formula is C32H29ClF2N8. The molecule has 0 atom stereocenters. The number of hydrogen-bond donors (Lipinski definition) is 4. The smallest absolute Gasteiger partial charge is 0.227 e. The lowest BCUT2D eigenvalue weighted by atomic mass is 9.92. The number of hydrogen-bond acceptors (Lipinski definition) is 8. The molecule has 43 heavy (non-hydrogen) atoms. The predicted octanol–water partition coefficient (Wildman–Crippen LogP) is 7.36. The zero-order valence-corrected chi connectivity index (χ0v) is 23.9. The summed E-state index contributed by atoms with van der Waals surface area (Å²) < 4.78 is 29.6. The van der Waals surface area contributed by atoms with Gasteiger partial charge in [-0.1, -0.05) is 35.9 Å². The highest BCUT2D eigenvalue weighted by Gasteiger charge is 2.25. The van der Waals surface area contributed by atoms with Crippen molar-refractivity contribution in [2.45, 2.75) is 44.3 Å². The minimum absolute atomic E-state index is 0.132. The van der Waals surface area contributed by atoms with Crippen molar-refractivity contribution in [3.63, 3.8) is 0 Å². The number of aliphatic imine (C=N–C) groups is 1. The molecule has 0 radical (unpaired) electrons. The molecule has 5 N–H and O–H groups in total. The van der Waals surface area contributed by atoms with Crippen molar-refractivity contribution >= 4 is 34.6 Å². The molecule has 1 aromatic heterocycles. The summed E-state index contributed by atoms with van der Waals surface area (Å²) in [6.07, 6.45) is 7.42. The Kier molecular flexibility index (Phi) is 8.22. The molecule has 0 unspecified atom stereocenters. The number of nitrogens with zero attached hydrogens (tertiary/aromatic N) is 4. The topological polar surface area (TPSA) is 124 Å². The van der Waals surface area contributed by atoms with E-state index in [4.69, 9.17) is 27.8 Å². The van der Waals surface area contributed by atoms with E-state index in [2.05, 4.69) is 25.7 Å². The second-order valence-corrected chi connectivity index (χ2v) is 11.1. The van der Waals surface area contributed by atoms with Gasteiger partial charge in [0.2, 0.25) is 5.95 Å². The van der Waals surface area contributed by atoms with Gasteiger partial charge in [-0.15, -0.1) is 0 Å². The third kappa shape index (κ3) is 6.16. The number of halogens is 3. The maximum atomic E-state index is 14.8. The lowest BCUT2D eigenvalue weighted by Crippen LogP contribution is -2.35. The summed E-state index contributed by atoms with van der Waals surface area (Å²) >= 11 is 6.32. The lowest BCUT2D eigenvalue weighted by molar-refractivity contribution is 0.366. The number of aromatic nitrogens is 2. The Labute approximate surface area is 252 Å². The Morgan fingerprint density at radius 3 is 2.47 bits per heavy atom. The summed E-state index contributed by atoms with van der Waals surface area (Å²) in [5.41, 5.74) is 18.1. The minimum atomic E-state index is -0.710. The van der Waals surface area contributed by atoms with Crippen LogP contribution < -0.4 is 16.4 Å². The third-order valence-electron chi connectivity index (χ3n) is 7.75. The predicted molar refractivity (Wildman–Crippen MR) is 164 cm³/mol. The molecule has 0 spiro atoms. The number of rotatable bonds is 7. The number of anilines is 2. The van der Waals surface area contributed by atoms with Crippen LogP contribution in [-0.4, -0.2) is 27.8 Å². The van der Waals surface area contributed by atoms with Gasteiger partial charge in [0.1, 0.15) is 17.3 Å². The summed E-state index contributed by atoms with van der Waals surface area (Å²) in [7, 11) is 0. The van der Waals surface area contributed by atoms with Crippen molar-refractivity contribution in [1.82, 2.24) is 15.3 Å². The van der Waals surface area contributed by atoms with Gasteiger partial charge in [-0.25, -0.2) is 24.3 Å². The van der Waals surface area contributed by atoms with Crippen molar-refractivity contribution in [2.24, 2.45) is 15.8 Å². The SMILES string of the molecule is N=N/C(=C\N[C@H]1CC[C@@H](N)CC1)c1ccc(Nc2ncc3c(n2)-c2ccc(Cl)cc2C(c2c(F)cccc2F)=NC3)cc1. The monoisotopic (exact) mass is 598 g/mol. The Bertz CT molecular complexity index is 1710. The fourth-order valence-corrected chi connectivity index (χ4v) is 5.61. The number of fused-ring (bicyclic) bond motifs is 3. The van der Waals surface area contributed by atoms with Gasteiger partial charge in [0, 0.05) is 57.4 Å². The van der Waals surface area contributed by atoms with Crippen LogP contribution in [-0.2, 0) is 6.54 Å². The van der Waals surface area contributed by atoms with E-state index >= 15 is 0 Å². The van der Waals surface area contributed by atoms with Crippen LogP contribution in [0.5, 0.6) is 0 Å². The summed E-state index contributed by atoms with van der Waals surface area (Å²) in [6, 6.07) is 16.9. The molecule has 1 aliphatic heterocycles. The zero-order valence-electron chi connectivity index (χ0n) is 23.1. The molecule has 2 aliphatic rings. The van der Waals surface area contributed by atoms with Crippen molar-refractivity contribution < 1.29 is 8.78 Å². The summed E-state index contributed by atoms with van der Waals surface area (Å²) in [6.45, 7) is 0.132. The van der Waals surface area contributed by atoms with E-state index in [1.54, 1.807) is 30.6 Å². The molecule has 2 heterocycles. The number of nitrogens with one attached hydrogen (secondary N) is 3. The van der Waals surface area contributed by atoms with E-state index < -0.39 is 11.6 Å².